The van der Waals surface area contributed by atoms with Gasteiger partial charge in [0.15, 0.2) is 0 Å². The molecule has 1 fully saturated rings. The summed E-state index contributed by atoms with van der Waals surface area (Å²) in [5.41, 5.74) is 0. The van der Waals surface area contributed by atoms with Crippen molar-refractivity contribution >= 4 is 0 Å². The fourth-order valence-corrected chi connectivity index (χ4v) is 0.704. The fourth-order valence-electron chi connectivity index (χ4n) is 0.704. The van der Waals surface area contributed by atoms with E-state index in [9.17, 15) is 4.39 Å². The molecule has 0 atom stereocenters. The molecule has 0 aliphatic heterocycles. The predicted octanol–water partition coefficient (Wildman–Crippen LogP) is 2.27. The lowest BCUT2D eigenvalue weighted by molar-refractivity contribution is 0.774. The number of rotatable bonds is 2. The predicted molar refractivity (Wildman–Crippen MR) is 35.4 cm³/mol. The summed E-state index contributed by atoms with van der Waals surface area (Å²) in [5.74, 6) is 3.11. The Balaban J connectivity index is 2.05. The summed E-state index contributed by atoms with van der Waals surface area (Å²) in [5, 5.41) is 0. The van der Waals surface area contributed by atoms with Gasteiger partial charge in [0.1, 0.15) is 6.17 Å². The molecule has 1 saturated carbocycles. The molecule has 0 N–H and O–H groups in total. The van der Waals surface area contributed by atoms with E-state index in [-0.39, 0.29) is 0 Å². The molecule has 1 aliphatic carbocycles. The van der Waals surface area contributed by atoms with E-state index in [4.69, 9.17) is 0 Å². The Kier molecular flexibility index (Phi) is 2.32. The van der Waals surface area contributed by atoms with E-state index < -0.39 is 0 Å². The zero-order chi connectivity index (χ0) is 6.53. The Hall–Kier alpha value is -0.770. The standard InChI is InChI=1S/C8H9F/c9-7-3-1-2-4-8-5-6-8/h1-2,8H,4-6H2. The third-order valence-corrected chi connectivity index (χ3v) is 1.42. The van der Waals surface area contributed by atoms with Crippen molar-refractivity contribution in [2.75, 3.05) is 0 Å². The van der Waals surface area contributed by atoms with Crippen molar-refractivity contribution in [3.8, 4) is 12.1 Å². The third kappa shape index (κ3) is 2.92. The van der Waals surface area contributed by atoms with Crippen LogP contribution in [0.25, 0.3) is 0 Å². The lowest BCUT2D eigenvalue weighted by Gasteiger charge is -1.79. The van der Waals surface area contributed by atoms with Gasteiger partial charge >= 0.3 is 0 Å². The molecular weight excluding hydrogens is 115 g/mol. The lowest BCUT2D eigenvalue weighted by Crippen LogP contribution is -1.66. The average molecular weight is 124 g/mol. The molecule has 0 heterocycles. The maximum absolute atomic E-state index is 11.1. The minimum Gasteiger partial charge on any atom is -0.144 e. The summed E-state index contributed by atoms with van der Waals surface area (Å²) >= 11 is 0. The van der Waals surface area contributed by atoms with E-state index in [0.717, 1.165) is 12.3 Å². The zero-order valence-corrected chi connectivity index (χ0v) is 5.23. The van der Waals surface area contributed by atoms with Crippen LogP contribution in [0.3, 0.4) is 0 Å². The SMILES string of the molecule is FC#CC=CCC1CC1. The van der Waals surface area contributed by atoms with Crippen LogP contribution in [0.2, 0.25) is 0 Å². The van der Waals surface area contributed by atoms with Gasteiger partial charge in [-0.1, -0.05) is 6.08 Å². The van der Waals surface area contributed by atoms with E-state index in [0.29, 0.717) is 0 Å². The molecule has 0 aromatic rings. The highest BCUT2D eigenvalue weighted by atomic mass is 19.1. The minimum atomic E-state index is 0.877. The maximum Gasteiger partial charge on any atom is 0.110 e. The summed E-state index contributed by atoms with van der Waals surface area (Å²) in [6, 6.07) is 0. The third-order valence-electron chi connectivity index (χ3n) is 1.42. The van der Waals surface area contributed by atoms with Gasteiger partial charge in [-0.05, 0) is 37.2 Å². The highest BCUT2D eigenvalue weighted by Gasteiger charge is 2.18. The van der Waals surface area contributed by atoms with Crippen molar-refractivity contribution in [1.82, 2.24) is 0 Å². The van der Waals surface area contributed by atoms with Crippen LogP contribution < -0.4 is 0 Å². The highest BCUT2D eigenvalue weighted by Crippen LogP contribution is 2.32. The largest absolute Gasteiger partial charge is 0.144 e. The molecule has 0 unspecified atom stereocenters. The quantitative estimate of drug-likeness (QED) is 0.495. The molecule has 0 aromatic heterocycles. The second kappa shape index (κ2) is 3.29. The maximum atomic E-state index is 11.1. The van der Waals surface area contributed by atoms with Crippen LogP contribution in [-0.2, 0) is 0 Å². The summed E-state index contributed by atoms with van der Waals surface area (Å²) < 4.78 is 11.1. The molecule has 48 valence electrons. The molecule has 0 spiro atoms. The Morgan fingerprint density at radius 2 is 2.33 bits per heavy atom. The van der Waals surface area contributed by atoms with Gasteiger partial charge in [0.05, 0.1) is 0 Å². The van der Waals surface area contributed by atoms with Crippen molar-refractivity contribution in [1.29, 1.82) is 0 Å². The van der Waals surface area contributed by atoms with Gasteiger partial charge in [-0.2, -0.15) is 0 Å². The molecule has 0 amide bonds. The first-order valence-corrected chi connectivity index (χ1v) is 3.19. The Labute approximate surface area is 54.8 Å². The topological polar surface area (TPSA) is 0 Å². The number of hydrogen-bond acceptors (Lipinski definition) is 0. The van der Waals surface area contributed by atoms with Crippen LogP contribution in [0.1, 0.15) is 19.3 Å². The summed E-state index contributed by atoms with van der Waals surface area (Å²) in [6.07, 6.45) is 8.60. The van der Waals surface area contributed by atoms with Gasteiger partial charge in [0, 0.05) is 0 Å². The highest BCUT2D eigenvalue weighted by molar-refractivity contribution is 5.12. The Bertz CT molecular complexity index is 155. The first-order chi connectivity index (χ1) is 4.43. The minimum absolute atomic E-state index is 0.877. The number of hydrogen-bond donors (Lipinski definition) is 0. The molecule has 0 bridgehead atoms. The zero-order valence-electron chi connectivity index (χ0n) is 5.23. The van der Waals surface area contributed by atoms with E-state index in [1.54, 1.807) is 6.08 Å². The van der Waals surface area contributed by atoms with Gasteiger partial charge in [-0.3, -0.25) is 0 Å². The summed E-state index contributed by atoms with van der Waals surface area (Å²) in [7, 11) is 0. The molecule has 1 rings (SSSR count). The van der Waals surface area contributed by atoms with Gasteiger partial charge in [-0.15, -0.1) is 4.39 Å². The van der Waals surface area contributed by atoms with Gasteiger partial charge in [-0.25, -0.2) is 0 Å². The van der Waals surface area contributed by atoms with Crippen molar-refractivity contribution in [2.24, 2.45) is 5.92 Å². The first kappa shape index (κ1) is 6.35. The Morgan fingerprint density at radius 3 is 2.89 bits per heavy atom. The number of allylic oxidation sites excluding steroid dienone is 2. The smallest absolute Gasteiger partial charge is 0.110 e. The van der Waals surface area contributed by atoms with Gasteiger partial charge in [0.2, 0.25) is 0 Å². The van der Waals surface area contributed by atoms with Crippen LogP contribution in [0.4, 0.5) is 4.39 Å². The van der Waals surface area contributed by atoms with Crippen LogP contribution in [0.5, 0.6) is 0 Å². The van der Waals surface area contributed by atoms with Crippen molar-refractivity contribution in [3.63, 3.8) is 0 Å². The molecule has 0 radical (unpaired) electrons. The van der Waals surface area contributed by atoms with E-state index in [2.05, 4.69) is 5.92 Å². The van der Waals surface area contributed by atoms with Crippen LogP contribution in [0, 0.1) is 18.0 Å². The normalized spacial score (nSPS) is 17.4. The molecule has 0 aromatic carbocycles. The van der Waals surface area contributed by atoms with E-state index in [1.165, 1.54) is 19.0 Å². The second-order valence-electron chi connectivity index (χ2n) is 2.32. The fraction of sp³-hybridized carbons (Fsp3) is 0.500. The lowest BCUT2D eigenvalue weighted by atomic mass is 10.3. The molecular formula is C8H9F. The Morgan fingerprint density at radius 1 is 1.56 bits per heavy atom. The van der Waals surface area contributed by atoms with E-state index >= 15 is 0 Å². The van der Waals surface area contributed by atoms with Crippen molar-refractivity contribution in [2.45, 2.75) is 19.3 Å². The van der Waals surface area contributed by atoms with Crippen LogP contribution in [0.15, 0.2) is 12.2 Å². The van der Waals surface area contributed by atoms with Gasteiger partial charge < -0.3 is 0 Å². The molecule has 1 aliphatic rings. The van der Waals surface area contributed by atoms with Crippen LogP contribution in [-0.4, -0.2) is 0 Å². The second-order valence-corrected chi connectivity index (χ2v) is 2.32. The van der Waals surface area contributed by atoms with Gasteiger partial charge in [0.25, 0.3) is 0 Å². The molecule has 0 saturated heterocycles. The summed E-state index contributed by atoms with van der Waals surface area (Å²) in [6.45, 7) is 0. The molecule has 9 heavy (non-hydrogen) atoms. The van der Waals surface area contributed by atoms with Crippen molar-refractivity contribution in [3.05, 3.63) is 12.2 Å². The summed E-state index contributed by atoms with van der Waals surface area (Å²) in [4.78, 5) is 0. The first-order valence-electron chi connectivity index (χ1n) is 3.19. The van der Waals surface area contributed by atoms with Crippen LogP contribution >= 0.6 is 0 Å². The average Bonchev–Trinajstić information content (AvgIpc) is 2.63. The van der Waals surface area contributed by atoms with Crippen molar-refractivity contribution < 1.29 is 4.39 Å². The van der Waals surface area contributed by atoms with E-state index in [1.807, 2.05) is 6.08 Å². The molecule has 1 heteroatoms. The molecule has 0 nitrogen and oxygen atoms in total. The monoisotopic (exact) mass is 124 g/mol. The number of halogens is 1.